The molecule has 0 aliphatic heterocycles. The van der Waals surface area contributed by atoms with E-state index in [1.165, 1.54) is 0 Å². The molecule has 0 saturated heterocycles. The molecule has 1 rings (SSSR count). The number of halogens is 9. The van der Waals surface area contributed by atoms with Gasteiger partial charge in [0.05, 0.1) is 0 Å². The lowest BCUT2D eigenvalue weighted by Crippen LogP contribution is -2.46. The van der Waals surface area contributed by atoms with Crippen LogP contribution < -0.4 is 5.73 Å². The van der Waals surface area contributed by atoms with Crippen LogP contribution >= 0.6 is 12.4 Å². The quantitative estimate of drug-likeness (QED) is 0.827. The number of hydrogen-bond donors (Lipinski definition) is 1. The van der Waals surface area contributed by atoms with Crippen molar-refractivity contribution in [2.75, 3.05) is 0 Å². The monoisotopic (exact) mass is 315 g/mol. The molecule has 1 aromatic carbocycles. The maximum Gasteiger partial charge on any atom is 0.455 e. The lowest BCUT2D eigenvalue weighted by Gasteiger charge is -2.26. The van der Waals surface area contributed by atoms with Crippen molar-refractivity contribution in [3.05, 3.63) is 35.1 Å². The largest absolute Gasteiger partial charge is 0.455 e. The molecule has 2 N–H and O–H groups in total. The summed E-state index contributed by atoms with van der Waals surface area (Å²) in [5, 5.41) is 0. The summed E-state index contributed by atoms with van der Waals surface area (Å²) >= 11 is 0. The fourth-order valence-corrected chi connectivity index (χ4v) is 1.21. The third-order valence-corrected chi connectivity index (χ3v) is 2.12. The Morgan fingerprint density at radius 2 is 1.26 bits per heavy atom. The zero-order valence-electron chi connectivity index (χ0n) is 8.74. The molecule has 0 aliphatic carbocycles. The maximum absolute atomic E-state index is 13.0. The predicted octanol–water partition coefficient (Wildman–Crippen LogP) is 3.72. The van der Waals surface area contributed by atoms with Gasteiger partial charge in [0.25, 0.3) is 0 Å². The summed E-state index contributed by atoms with van der Waals surface area (Å²) in [6.07, 6.45) is -6.08. The van der Waals surface area contributed by atoms with E-state index < -0.39 is 41.2 Å². The molecule has 0 radical (unpaired) electrons. The summed E-state index contributed by atoms with van der Waals surface area (Å²) < 4.78 is 100.0. The van der Waals surface area contributed by atoms with Gasteiger partial charge in [-0.2, -0.15) is 22.0 Å². The summed E-state index contributed by atoms with van der Waals surface area (Å²) in [5.74, 6) is -10.8. The van der Waals surface area contributed by atoms with Crippen molar-refractivity contribution in [3.8, 4) is 0 Å². The van der Waals surface area contributed by atoms with Crippen LogP contribution in [0.4, 0.5) is 35.1 Å². The van der Waals surface area contributed by atoms with E-state index >= 15 is 0 Å². The van der Waals surface area contributed by atoms with Gasteiger partial charge in [0, 0.05) is 17.7 Å². The molecule has 0 spiro atoms. The molecule has 0 unspecified atom stereocenters. The Balaban J connectivity index is 0.00000324. The Morgan fingerprint density at radius 3 is 1.58 bits per heavy atom. The summed E-state index contributed by atoms with van der Waals surface area (Å²) in [6, 6.07) is -3.38. The van der Waals surface area contributed by atoms with Crippen LogP contribution in [-0.2, 0) is 0 Å². The van der Waals surface area contributed by atoms with E-state index in [1.54, 1.807) is 0 Å². The van der Waals surface area contributed by atoms with E-state index in [0.29, 0.717) is 0 Å². The first kappa shape index (κ1) is 17.9. The minimum absolute atomic E-state index is 0. The van der Waals surface area contributed by atoms with Crippen molar-refractivity contribution in [2.45, 2.75) is 18.1 Å². The summed E-state index contributed by atoms with van der Waals surface area (Å²) in [6.45, 7) is 0. The van der Waals surface area contributed by atoms with Gasteiger partial charge in [-0.25, -0.2) is 13.2 Å². The van der Waals surface area contributed by atoms with Crippen molar-refractivity contribution in [1.82, 2.24) is 0 Å². The smallest absolute Gasteiger partial charge is 0.319 e. The highest BCUT2D eigenvalue weighted by atomic mass is 35.5. The molecule has 0 amide bonds. The fourth-order valence-electron chi connectivity index (χ4n) is 1.21. The van der Waals surface area contributed by atoms with E-state index in [-0.39, 0.29) is 24.5 Å². The molecule has 110 valence electrons. The second-order valence-corrected chi connectivity index (χ2v) is 3.38. The third kappa shape index (κ3) is 3.27. The van der Waals surface area contributed by atoms with Gasteiger partial charge in [0.2, 0.25) is 0 Å². The van der Waals surface area contributed by atoms with E-state index in [1.807, 2.05) is 0 Å². The van der Waals surface area contributed by atoms with Crippen molar-refractivity contribution in [3.63, 3.8) is 0 Å². The third-order valence-electron chi connectivity index (χ3n) is 2.12. The Hall–Kier alpha value is -1.09. The van der Waals surface area contributed by atoms with Gasteiger partial charge in [0.15, 0.2) is 0 Å². The average molecular weight is 316 g/mol. The summed E-state index contributed by atoms with van der Waals surface area (Å²) in [7, 11) is 0. The Bertz CT molecular complexity index is 435. The first-order valence-corrected chi connectivity index (χ1v) is 4.33. The molecule has 0 fully saturated rings. The lowest BCUT2D eigenvalue weighted by atomic mass is 9.99. The van der Waals surface area contributed by atoms with Crippen LogP contribution in [0.5, 0.6) is 0 Å². The van der Waals surface area contributed by atoms with Crippen LogP contribution in [-0.4, -0.2) is 12.1 Å². The van der Waals surface area contributed by atoms with Crippen molar-refractivity contribution in [1.29, 1.82) is 0 Å². The second-order valence-electron chi connectivity index (χ2n) is 3.38. The highest BCUT2D eigenvalue weighted by Crippen LogP contribution is 2.44. The minimum Gasteiger partial charge on any atom is -0.319 e. The fraction of sp³-hybridized carbons (Fsp3) is 0.333. The van der Waals surface area contributed by atoms with Crippen molar-refractivity contribution >= 4 is 12.4 Å². The molecule has 1 nitrogen and oxygen atoms in total. The molecule has 0 saturated carbocycles. The molecular weight excluding hydrogens is 310 g/mol. The molecule has 0 aliphatic rings. The van der Waals surface area contributed by atoms with Crippen molar-refractivity contribution < 1.29 is 35.1 Å². The molecule has 0 aromatic heterocycles. The van der Waals surface area contributed by atoms with Crippen LogP contribution in [0, 0.1) is 17.5 Å². The molecule has 0 bridgehead atoms. The van der Waals surface area contributed by atoms with Crippen LogP contribution in [0.1, 0.15) is 11.6 Å². The molecule has 1 atom stereocenters. The number of benzene rings is 1. The Kier molecular flexibility index (Phi) is 5.18. The first-order chi connectivity index (χ1) is 7.98. The van der Waals surface area contributed by atoms with E-state index in [4.69, 9.17) is 0 Å². The van der Waals surface area contributed by atoms with Gasteiger partial charge in [-0.15, -0.1) is 12.4 Å². The molecule has 0 heterocycles. The van der Waals surface area contributed by atoms with E-state index in [2.05, 4.69) is 5.73 Å². The highest BCUT2D eigenvalue weighted by molar-refractivity contribution is 5.85. The van der Waals surface area contributed by atoms with Gasteiger partial charge >= 0.3 is 12.1 Å². The predicted molar refractivity (Wildman–Crippen MR) is 51.5 cm³/mol. The van der Waals surface area contributed by atoms with E-state index in [9.17, 15) is 35.1 Å². The summed E-state index contributed by atoms with van der Waals surface area (Å²) in [5.41, 5.74) is 2.81. The average Bonchev–Trinajstić information content (AvgIpc) is 2.13. The molecular formula is C9H6ClF8N. The Morgan fingerprint density at radius 1 is 0.895 bits per heavy atom. The normalized spacial score (nSPS) is 13.9. The van der Waals surface area contributed by atoms with Gasteiger partial charge < -0.3 is 5.73 Å². The zero-order chi connectivity index (χ0) is 14.3. The minimum atomic E-state index is -6.08. The van der Waals surface area contributed by atoms with Gasteiger partial charge in [0.1, 0.15) is 23.5 Å². The Labute approximate surface area is 107 Å². The lowest BCUT2D eigenvalue weighted by molar-refractivity contribution is -0.291. The number of rotatable bonds is 2. The van der Waals surface area contributed by atoms with Gasteiger partial charge in [-0.05, 0) is 0 Å². The molecule has 19 heavy (non-hydrogen) atoms. The van der Waals surface area contributed by atoms with Crippen LogP contribution in [0.3, 0.4) is 0 Å². The van der Waals surface area contributed by atoms with Gasteiger partial charge in [-0.3, -0.25) is 0 Å². The summed E-state index contributed by atoms with van der Waals surface area (Å²) in [4.78, 5) is 0. The van der Waals surface area contributed by atoms with Crippen LogP contribution in [0.15, 0.2) is 12.1 Å². The number of nitrogens with two attached hydrogens (primary N) is 1. The highest BCUT2D eigenvalue weighted by Gasteiger charge is 2.62. The molecule has 10 heteroatoms. The van der Waals surface area contributed by atoms with Crippen LogP contribution in [0.2, 0.25) is 0 Å². The van der Waals surface area contributed by atoms with E-state index in [0.717, 1.165) is 0 Å². The SMILES string of the molecule is Cl.N[C@H](c1c(F)cc(F)cc1F)C(F)(F)C(F)(F)F. The van der Waals surface area contributed by atoms with Gasteiger partial charge in [-0.1, -0.05) is 0 Å². The molecule has 1 aromatic rings. The van der Waals surface area contributed by atoms with Crippen LogP contribution in [0.25, 0.3) is 0 Å². The second kappa shape index (κ2) is 5.49. The maximum atomic E-state index is 13.0. The number of alkyl halides is 5. The first-order valence-electron chi connectivity index (χ1n) is 4.33. The van der Waals surface area contributed by atoms with Crippen molar-refractivity contribution in [2.24, 2.45) is 5.73 Å². The zero-order valence-corrected chi connectivity index (χ0v) is 9.56. The standard InChI is InChI=1S/C9H5F8N.ClH/c10-3-1-4(11)6(5(12)2-3)7(18)8(13,14)9(15,16)17;/h1-2,7H,18H2;1H/t7-;/m1./s1. The number of hydrogen-bond acceptors (Lipinski definition) is 1. The topological polar surface area (TPSA) is 26.0 Å².